The van der Waals surface area contributed by atoms with Crippen LogP contribution in [-0.4, -0.2) is 42.3 Å². The first-order valence-corrected chi connectivity index (χ1v) is 11.4. The fourth-order valence-corrected chi connectivity index (χ4v) is 4.11. The molecule has 0 saturated heterocycles. The molecule has 0 aromatic heterocycles. The molecule has 2 rings (SSSR count). The number of allylic oxidation sites excluding steroid dienone is 1. The van der Waals surface area contributed by atoms with E-state index in [-0.39, 0.29) is 42.7 Å². The minimum absolute atomic E-state index is 0.0206. The monoisotopic (exact) mass is 435 g/mol. The van der Waals surface area contributed by atoms with Gasteiger partial charge >= 0.3 is 5.97 Å². The second kappa shape index (κ2) is 12.6. The Labute approximate surface area is 185 Å². The Bertz CT molecular complexity index is 716. The Kier molecular flexibility index (Phi) is 10.2. The molecule has 1 aliphatic rings. The number of unbranched alkanes of at least 4 members (excludes halogenated alkanes) is 3. The van der Waals surface area contributed by atoms with Gasteiger partial charge in [0, 0.05) is 24.2 Å². The van der Waals surface area contributed by atoms with E-state index in [1.807, 2.05) is 24.3 Å². The second-order valence-electron chi connectivity index (χ2n) is 7.75. The molecule has 0 amide bonds. The average molecular weight is 436 g/mol. The number of methoxy groups -OCH3 is 1. The number of halogens is 1. The van der Waals surface area contributed by atoms with E-state index in [0.29, 0.717) is 6.42 Å². The minimum Gasteiger partial charge on any atom is -0.497 e. The highest BCUT2D eigenvalue weighted by atomic mass is 35.5. The van der Waals surface area contributed by atoms with Crippen LogP contribution in [0.2, 0.25) is 0 Å². The van der Waals surface area contributed by atoms with E-state index in [2.05, 4.69) is 18.7 Å². The Morgan fingerprint density at radius 3 is 2.60 bits per heavy atom. The predicted molar refractivity (Wildman–Crippen MR) is 120 cm³/mol. The van der Waals surface area contributed by atoms with Crippen molar-refractivity contribution in [3.63, 3.8) is 0 Å². The minimum atomic E-state index is -0.353. The van der Waals surface area contributed by atoms with Crippen LogP contribution in [0.1, 0.15) is 70.4 Å². The van der Waals surface area contributed by atoms with Crippen LogP contribution < -0.4 is 4.74 Å². The van der Waals surface area contributed by atoms with Crippen LogP contribution in [0, 0.1) is 0 Å². The average Bonchev–Trinajstić information content (AvgIpc) is 2.74. The quantitative estimate of drug-likeness (QED) is 0.249. The highest BCUT2D eigenvalue weighted by molar-refractivity contribution is 6.18. The van der Waals surface area contributed by atoms with E-state index in [4.69, 9.17) is 21.1 Å². The van der Waals surface area contributed by atoms with Gasteiger partial charge in [0.05, 0.1) is 25.5 Å². The van der Waals surface area contributed by atoms with Crippen LogP contribution in [0.3, 0.4) is 0 Å². The number of nitrogens with zero attached hydrogens (tertiary/aromatic N) is 1. The lowest BCUT2D eigenvalue weighted by Crippen LogP contribution is -2.42. The van der Waals surface area contributed by atoms with Gasteiger partial charge in [-0.1, -0.05) is 44.7 Å². The molecule has 5 nitrogen and oxygen atoms in total. The molecule has 0 fully saturated rings. The summed E-state index contributed by atoms with van der Waals surface area (Å²) in [5.74, 6) is 0.786. The summed E-state index contributed by atoms with van der Waals surface area (Å²) in [6, 6.07) is 8.05. The van der Waals surface area contributed by atoms with E-state index >= 15 is 0 Å². The normalized spacial score (nSPS) is 17.5. The van der Waals surface area contributed by atoms with Gasteiger partial charge in [-0.25, -0.2) is 0 Å². The van der Waals surface area contributed by atoms with Gasteiger partial charge in [0.1, 0.15) is 12.4 Å². The highest BCUT2D eigenvalue weighted by Crippen LogP contribution is 2.35. The molecule has 1 heterocycles. The summed E-state index contributed by atoms with van der Waals surface area (Å²) in [6.45, 7) is 4.49. The molecule has 6 heteroatoms. The molecule has 0 spiro atoms. The third-order valence-electron chi connectivity index (χ3n) is 5.56. The fourth-order valence-electron chi connectivity index (χ4n) is 4.03. The van der Waals surface area contributed by atoms with E-state index in [1.54, 1.807) is 13.2 Å². The summed E-state index contributed by atoms with van der Waals surface area (Å²) >= 11 is 5.63. The maximum atomic E-state index is 12.5. The summed E-state index contributed by atoms with van der Waals surface area (Å²) in [4.78, 5) is 27.0. The molecule has 2 atom stereocenters. The van der Waals surface area contributed by atoms with Gasteiger partial charge in [-0.05, 0) is 31.0 Å². The van der Waals surface area contributed by atoms with Crippen LogP contribution in [0.4, 0.5) is 0 Å². The van der Waals surface area contributed by atoms with Crippen molar-refractivity contribution in [2.45, 2.75) is 70.9 Å². The van der Waals surface area contributed by atoms with Gasteiger partial charge in [0.2, 0.25) is 0 Å². The van der Waals surface area contributed by atoms with Crippen molar-refractivity contribution in [3.05, 3.63) is 41.6 Å². The number of benzene rings is 1. The first-order chi connectivity index (χ1) is 14.5. The number of hydrogen-bond donors (Lipinski definition) is 0. The van der Waals surface area contributed by atoms with Gasteiger partial charge in [-0.15, -0.1) is 11.6 Å². The first kappa shape index (κ1) is 24.3. The Hall–Kier alpha value is -2.01. The van der Waals surface area contributed by atoms with E-state index in [1.165, 1.54) is 12.8 Å². The number of ether oxygens (including phenoxy) is 2. The van der Waals surface area contributed by atoms with Gasteiger partial charge in [-0.3, -0.25) is 9.59 Å². The number of carbonyl (C=O) groups is 2. The van der Waals surface area contributed by atoms with Crippen LogP contribution >= 0.6 is 11.6 Å². The molecule has 0 bridgehead atoms. The molecule has 0 saturated carbocycles. The van der Waals surface area contributed by atoms with Gasteiger partial charge in [0.25, 0.3) is 0 Å². The predicted octanol–water partition coefficient (Wildman–Crippen LogP) is 5.43. The van der Waals surface area contributed by atoms with E-state index in [0.717, 1.165) is 36.3 Å². The zero-order valence-corrected chi connectivity index (χ0v) is 19.1. The summed E-state index contributed by atoms with van der Waals surface area (Å²) in [7, 11) is 1.65. The molecule has 0 aliphatic carbocycles. The molecule has 0 radical (unpaired) electrons. The lowest BCUT2D eigenvalue weighted by molar-refractivity contribution is -0.142. The molecule has 0 unspecified atom stereocenters. The summed E-state index contributed by atoms with van der Waals surface area (Å²) in [6.07, 6.45) is 7.70. The lowest BCUT2D eigenvalue weighted by atomic mass is 9.92. The van der Waals surface area contributed by atoms with Crippen molar-refractivity contribution in [2.75, 3.05) is 19.6 Å². The molecule has 30 heavy (non-hydrogen) atoms. The SMILES string of the molecule is CCCCCC[C@H]1CC(=O)C=C(CC(=O)OCCCl)N1[C@@H](C)c1ccc(OC)cc1. The molecule has 0 N–H and O–H groups in total. The van der Waals surface area contributed by atoms with Crippen molar-refractivity contribution in [2.24, 2.45) is 0 Å². The third-order valence-corrected chi connectivity index (χ3v) is 5.72. The molecular formula is C24H34ClNO4. The van der Waals surface area contributed by atoms with Gasteiger partial charge < -0.3 is 14.4 Å². The maximum Gasteiger partial charge on any atom is 0.311 e. The Morgan fingerprint density at radius 1 is 1.23 bits per heavy atom. The van der Waals surface area contributed by atoms with Gasteiger partial charge in [0.15, 0.2) is 5.78 Å². The standard InChI is InChI=1S/C24H34ClNO4/c1-4-5-6-7-8-20-15-22(27)16-21(17-24(28)30-14-13-25)26(20)18(2)19-9-11-23(29-3)12-10-19/h9-12,16,18,20H,4-8,13-15,17H2,1-3H3/t18-,20-/m0/s1. The van der Waals surface area contributed by atoms with Crippen LogP contribution in [-0.2, 0) is 14.3 Å². The van der Waals surface area contributed by atoms with Crippen molar-refractivity contribution in [1.82, 2.24) is 4.90 Å². The number of rotatable bonds is 12. The number of ketones is 1. The van der Waals surface area contributed by atoms with E-state index in [9.17, 15) is 9.59 Å². The number of esters is 1. The summed E-state index contributed by atoms with van der Waals surface area (Å²) < 4.78 is 10.5. The Balaban J connectivity index is 2.25. The second-order valence-corrected chi connectivity index (χ2v) is 8.13. The zero-order chi connectivity index (χ0) is 21.9. The largest absolute Gasteiger partial charge is 0.497 e. The van der Waals surface area contributed by atoms with Crippen molar-refractivity contribution in [3.8, 4) is 5.75 Å². The van der Waals surface area contributed by atoms with Crippen LogP contribution in [0.15, 0.2) is 36.0 Å². The Morgan fingerprint density at radius 2 is 1.97 bits per heavy atom. The van der Waals surface area contributed by atoms with Crippen LogP contribution in [0.5, 0.6) is 5.75 Å². The summed E-state index contributed by atoms with van der Waals surface area (Å²) in [5, 5.41) is 0. The molecule has 166 valence electrons. The molecular weight excluding hydrogens is 402 g/mol. The molecule has 1 aromatic carbocycles. The van der Waals surface area contributed by atoms with Crippen molar-refractivity contribution in [1.29, 1.82) is 0 Å². The molecule has 1 aliphatic heterocycles. The number of hydrogen-bond acceptors (Lipinski definition) is 5. The number of carbonyl (C=O) groups excluding carboxylic acids is 2. The smallest absolute Gasteiger partial charge is 0.311 e. The highest BCUT2D eigenvalue weighted by Gasteiger charge is 2.33. The van der Waals surface area contributed by atoms with Crippen molar-refractivity contribution >= 4 is 23.4 Å². The van der Waals surface area contributed by atoms with Crippen LogP contribution in [0.25, 0.3) is 0 Å². The van der Waals surface area contributed by atoms with E-state index < -0.39 is 0 Å². The number of alkyl halides is 1. The first-order valence-electron chi connectivity index (χ1n) is 10.9. The van der Waals surface area contributed by atoms with Gasteiger partial charge in [-0.2, -0.15) is 0 Å². The molecule has 1 aromatic rings. The summed E-state index contributed by atoms with van der Waals surface area (Å²) in [5.41, 5.74) is 1.85. The topological polar surface area (TPSA) is 55.8 Å². The van der Waals surface area contributed by atoms with Crippen molar-refractivity contribution < 1.29 is 19.1 Å². The maximum absolute atomic E-state index is 12.5. The fraction of sp³-hybridized carbons (Fsp3) is 0.583. The lowest BCUT2D eigenvalue weighted by Gasteiger charge is -2.42. The third kappa shape index (κ3) is 7.05. The zero-order valence-electron chi connectivity index (χ0n) is 18.4.